The van der Waals surface area contributed by atoms with Gasteiger partial charge in [-0.3, -0.25) is 4.90 Å². The molecule has 3 N–H and O–H groups in total. The topological polar surface area (TPSA) is 85.0 Å². The first kappa shape index (κ1) is 27.0. The summed E-state index contributed by atoms with van der Waals surface area (Å²) < 4.78 is 49.6. The van der Waals surface area contributed by atoms with E-state index in [-0.39, 0.29) is 5.56 Å². The van der Waals surface area contributed by atoms with Crippen LogP contribution in [0.25, 0.3) is 0 Å². The van der Waals surface area contributed by atoms with Crippen LogP contribution < -0.4 is 10.5 Å². The third-order valence-corrected chi connectivity index (χ3v) is 6.19. The molecule has 35 heavy (non-hydrogen) atoms. The zero-order chi connectivity index (χ0) is 25.4. The molecule has 0 aromatic heterocycles. The number of likely N-dealkylation sites (tertiary alicyclic amines) is 1. The monoisotopic (exact) mass is 494 g/mol. The molecule has 1 heterocycles. The van der Waals surface area contributed by atoms with Crippen LogP contribution in [-0.2, 0) is 22.5 Å². The molecule has 2 fully saturated rings. The number of piperidine rings is 1. The fourth-order valence-electron chi connectivity index (χ4n) is 4.26. The van der Waals surface area contributed by atoms with Crippen LogP contribution >= 0.6 is 0 Å². The number of carbonyl (C=O) groups is 1. The van der Waals surface area contributed by atoms with Crippen LogP contribution in [0.2, 0.25) is 0 Å². The summed E-state index contributed by atoms with van der Waals surface area (Å²) in [5.41, 5.74) is 6.66. The molecule has 0 amide bonds. The molecular formula is C26H33F3N2O4. The van der Waals surface area contributed by atoms with Gasteiger partial charge in [-0.25, -0.2) is 18.0 Å². The van der Waals surface area contributed by atoms with Gasteiger partial charge in [-0.1, -0.05) is 12.1 Å². The number of aliphatic carboxylic acids is 1. The first-order valence-electron chi connectivity index (χ1n) is 11.9. The van der Waals surface area contributed by atoms with E-state index in [9.17, 15) is 18.0 Å². The maximum Gasteiger partial charge on any atom is 0.332 e. The van der Waals surface area contributed by atoms with Crippen molar-refractivity contribution in [2.45, 2.75) is 38.8 Å². The first-order valence-corrected chi connectivity index (χ1v) is 11.9. The van der Waals surface area contributed by atoms with Gasteiger partial charge in [0.2, 0.25) is 0 Å². The number of hydrogen-bond acceptors (Lipinski definition) is 5. The molecule has 2 aromatic rings. The third-order valence-electron chi connectivity index (χ3n) is 6.19. The maximum absolute atomic E-state index is 13.4. The van der Waals surface area contributed by atoms with Gasteiger partial charge in [0.15, 0.2) is 17.7 Å². The van der Waals surface area contributed by atoms with Gasteiger partial charge in [0.05, 0.1) is 0 Å². The van der Waals surface area contributed by atoms with E-state index in [1.54, 1.807) is 6.92 Å². The van der Waals surface area contributed by atoms with Crippen molar-refractivity contribution in [2.24, 2.45) is 17.6 Å². The van der Waals surface area contributed by atoms with Crippen molar-refractivity contribution in [1.29, 1.82) is 0 Å². The second-order valence-electron chi connectivity index (χ2n) is 8.91. The number of halogens is 3. The van der Waals surface area contributed by atoms with Gasteiger partial charge in [-0.2, -0.15) is 0 Å². The summed E-state index contributed by atoms with van der Waals surface area (Å²) in [5.74, 6) is -1.37. The van der Waals surface area contributed by atoms with Crippen molar-refractivity contribution in [3.05, 3.63) is 65.0 Å². The highest BCUT2D eigenvalue weighted by Crippen LogP contribution is 2.45. The summed E-state index contributed by atoms with van der Waals surface area (Å²) in [6.07, 6.45) is 1.66. The normalized spacial score (nSPS) is 19.5. The van der Waals surface area contributed by atoms with Crippen molar-refractivity contribution in [1.82, 2.24) is 4.90 Å². The summed E-state index contributed by atoms with van der Waals surface area (Å²) in [6.45, 7) is 5.48. The Labute approximate surface area is 203 Å². The molecule has 192 valence electrons. The second-order valence-corrected chi connectivity index (χ2v) is 8.91. The summed E-state index contributed by atoms with van der Waals surface area (Å²) >= 11 is 0. The van der Waals surface area contributed by atoms with Gasteiger partial charge < -0.3 is 20.3 Å². The largest absolute Gasteiger partial charge is 0.492 e. The van der Waals surface area contributed by atoms with Crippen molar-refractivity contribution in [3.63, 3.8) is 0 Å². The van der Waals surface area contributed by atoms with E-state index < -0.39 is 29.5 Å². The second kappa shape index (κ2) is 12.9. The van der Waals surface area contributed by atoms with Gasteiger partial charge in [-0.05, 0) is 61.8 Å². The zero-order valence-corrected chi connectivity index (χ0v) is 19.9. The van der Waals surface area contributed by atoms with Crippen LogP contribution in [0.4, 0.5) is 13.2 Å². The molecule has 2 aromatic carbocycles. The molecule has 0 radical (unpaired) electrons. The standard InChI is InChI=1S/C14H21NO4.C12H12F3N/c1-2-18-13(14(16)17)8-5-11-3-6-12(7-4-11)19-10-9-15;13-10-3-12(15)11(14)2-9(10)6-16-4-7-1-8(7)5-16/h3-4,6-7,13H,2,5,8-10,15H2,1H3,(H,16,17);2-3,7-8H,1,4-6H2/t13-;/m0./s1. The van der Waals surface area contributed by atoms with Gasteiger partial charge in [-0.15, -0.1) is 0 Å². The lowest BCUT2D eigenvalue weighted by molar-refractivity contribution is -0.150. The van der Waals surface area contributed by atoms with Gasteiger partial charge >= 0.3 is 5.97 Å². The number of nitrogens with zero attached hydrogens (tertiary/aromatic N) is 1. The first-order chi connectivity index (χ1) is 16.8. The van der Waals surface area contributed by atoms with Gasteiger partial charge in [0.25, 0.3) is 0 Å². The van der Waals surface area contributed by atoms with Crippen LogP contribution in [-0.4, -0.2) is 54.9 Å². The molecule has 2 unspecified atom stereocenters. The van der Waals surface area contributed by atoms with E-state index in [0.29, 0.717) is 45.2 Å². The Morgan fingerprint density at radius 2 is 1.77 bits per heavy atom. The van der Waals surface area contributed by atoms with Crippen LogP contribution in [0.5, 0.6) is 5.75 Å². The molecular weight excluding hydrogens is 461 g/mol. The molecule has 2 aliphatic rings. The van der Waals surface area contributed by atoms with E-state index >= 15 is 0 Å². The van der Waals surface area contributed by atoms with Crippen molar-refractivity contribution in [3.8, 4) is 5.75 Å². The fourth-order valence-corrected chi connectivity index (χ4v) is 4.26. The lowest BCUT2D eigenvalue weighted by Crippen LogP contribution is -2.24. The lowest BCUT2D eigenvalue weighted by atomic mass is 10.1. The van der Waals surface area contributed by atoms with Crippen LogP contribution in [0.15, 0.2) is 36.4 Å². The average Bonchev–Trinajstić information content (AvgIpc) is 3.45. The maximum atomic E-state index is 13.4. The average molecular weight is 495 g/mol. The summed E-state index contributed by atoms with van der Waals surface area (Å²) in [7, 11) is 0. The Morgan fingerprint density at radius 3 is 2.37 bits per heavy atom. The number of ether oxygens (including phenoxy) is 2. The third kappa shape index (κ3) is 8.23. The molecule has 4 rings (SSSR count). The highest BCUT2D eigenvalue weighted by atomic mass is 19.2. The molecule has 1 saturated carbocycles. The molecule has 0 spiro atoms. The SMILES string of the molecule is CCO[C@@H](CCc1ccc(OCCN)cc1)C(=O)O.Fc1cc(F)c(CN2CC3CC3C2)cc1F. The Morgan fingerprint density at radius 1 is 1.11 bits per heavy atom. The Hall–Kier alpha value is -2.62. The molecule has 6 nitrogen and oxygen atoms in total. The summed E-state index contributed by atoms with van der Waals surface area (Å²) in [6, 6.07) is 9.17. The van der Waals surface area contributed by atoms with Gasteiger partial charge in [0.1, 0.15) is 18.2 Å². The van der Waals surface area contributed by atoms with Crippen molar-refractivity contribution in [2.75, 3.05) is 32.8 Å². The van der Waals surface area contributed by atoms with Crippen molar-refractivity contribution >= 4 is 5.97 Å². The number of hydrogen-bond donors (Lipinski definition) is 2. The minimum absolute atomic E-state index is 0.250. The van der Waals surface area contributed by atoms with E-state index in [0.717, 1.165) is 42.3 Å². The summed E-state index contributed by atoms with van der Waals surface area (Å²) in [5, 5.41) is 8.97. The number of benzene rings is 2. The predicted molar refractivity (Wildman–Crippen MR) is 126 cm³/mol. The number of rotatable bonds is 11. The number of aryl methyl sites for hydroxylation is 1. The van der Waals surface area contributed by atoms with Crippen molar-refractivity contribution < 1.29 is 32.5 Å². The quantitative estimate of drug-likeness (QED) is 0.460. The van der Waals surface area contributed by atoms with E-state index in [1.807, 2.05) is 24.3 Å². The highest BCUT2D eigenvalue weighted by Gasteiger charge is 2.44. The molecule has 1 aliphatic carbocycles. The molecule has 3 atom stereocenters. The van der Waals surface area contributed by atoms with E-state index in [4.69, 9.17) is 20.3 Å². The number of carboxylic acid groups (broad SMARTS) is 1. The lowest BCUT2D eigenvalue weighted by Gasteiger charge is -2.17. The van der Waals surface area contributed by atoms with Crippen LogP contribution in [0, 0.1) is 29.3 Å². The number of nitrogens with two attached hydrogens (primary N) is 1. The Kier molecular flexibility index (Phi) is 9.94. The highest BCUT2D eigenvalue weighted by molar-refractivity contribution is 5.72. The predicted octanol–water partition coefficient (Wildman–Crippen LogP) is 4.00. The summed E-state index contributed by atoms with van der Waals surface area (Å²) in [4.78, 5) is 13.0. The number of fused-ring (bicyclic) bond motifs is 1. The Balaban J connectivity index is 0.000000197. The van der Waals surface area contributed by atoms with Gasteiger partial charge in [0, 0.05) is 44.4 Å². The van der Waals surface area contributed by atoms with E-state index in [2.05, 4.69) is 4.90 Å². The van der Waals surface area contributed by atoms with Crippen LogP contribution in [0.1, 0.15) is 30.9 Å². The Bertz CT molecular complexity index is 964. The fraction of sp³-hybridized carbons (Fsp3) is 0.500. The minimum atomic E-state index is -1.12. The molecule has 1 saturated heterocycles. The zero-order valence-electron chi connectivity index (χ0n) is 19.9. The molecule has 9 heteroatoms. The van der Waals surface area contributed by atoms with Crippen LogP contribution in [0.3, 0.4) is 0 Å². The molecule has 0 bridgehead atoms. The smallest absolute Gasteiger partial charge is 0.332 e. The number of carboxylic acids is 1. The van der Waals surface area contributed by atoms with E-state index in [1.165, 1.54) is 6.42 Å². The minimum Gasteiger partial charge on any atom is -0.492 e. The molecule has 1 aliphatic heterocycles.